The fourth-order valence-corrected chi connectivity index (χ4v) is 3.08. The molecule has 6 heteroatoms. The summed E-state index contributed by atoms with van der Waals surface area (Å²) in [6, 6.07) is 5.23. The van der Waals surface area contributed by atoms with Gasteiger partial charge in [-0.3, -0.25) is 0 Å². The van der Waals surface area contributed by atoms with Gasteiger partial charge in [0.25, 0.3) is 0 Å². The summed E-state index contributed by atoms with van der Waals surface area (Å²) in [5.41, 5.74) is 0.943. The molecule has 21 heavy (non-hydrogen) atoms. The molecular weight excluding hydrogens is 296 g/mol. The second-order valence-electron chi connectivity index (χ2n) is 5.15. The zero-order valence-electron chi connectivity index (χ0n) is 11.1. The summed E-state index contributed by atoms with van der Waals surface area (Å²) in [5.74, 6) is -1.25. The van der Waals surface area contributed by atoms with Crippen molar-refractivity contribution >= 4 is 11.6 Å². The number of benzene rings is 1. The van der Waals surface area contributed by atoms with Crippen LogP contribution in [0.5, 0.6) is 0 Å². The topological polar surface area (TPSA) is 41.6 Å². The lowest BCUT2D eigenvalue weighted by molar-refractivity contribution is 0.572. The molecule has 0 N–H and O–H groups in total. The summed E-state index contributed by atoms with van der Waals surface area (Å²) in [7, 11) is 0. The van der Waals surface area contributed by atoms with Gasteiger partial charge in [-0.2, -0.15) is 10.4 Å². The van der Waals surface area contributed by atoms with Gasteiger partial charge in [0.15, 0.2) is 11.0 Å². The van der Waals surface area contributed by atoms with Crippen LogP contribution in [0.15, 0.2) is 18.2 Å². The minimum Gasteiger partial charge on any atom is -0.218 e. The number of hydrogen-bond acceptors (Lipinski definition) is 2. The van der Waals surface area contributed by atoms with Crippen molar-refractivity contribution in [2.24, 2.45) is 0 Å². The number of hydrogen-bond donors (Lipinski definition) is 0. The quantitative estimate of drug-likeness (QED) is 0.828. The molecule has 1 aliphatic carbocycles. The first-order valence-electron chi connectivity index (χ1n) is 6.75. The minimum atomic E-state index is -0.762. The molecule has 1 aliphatic rings. The van der Waals surface area contributed by atoms with E-state index < -0.39 is 11.6 Å². The van der Waals surface area contributed by atoms with Crippen LogP contribution in [-0.4, -0.2) is 9.78 Å². The van der Waals surface area contributed by atoms with Gasteiger partial charge >= 0.3 is 0 Å². The molecule has 1 aromatic carbocycles. The molecule has 0 bridgehead atoms. The third-order valence-corrected chi connectivity index (χ3v) is 4.20. The van der Waals surface area contributed by atoms with Gasteiger partial charge in [0.1, 0.15) is 23.1 Å². The lowest BCUT2D eigenvalue weighted by Gasteiger charge is -2.06. The zero-order chi connectivity index (χ0) is 15.0. The Kier molecular flexibility index (Phi) is 3.64. The molecule has 1 saturated carbocycles. The van der Waals surface area contributed by atoms with Crippen molar-refractivity contribution in [3.8, 4) is 11.8 Å². The summed E-state index contributed by atoms with van der Waals surface area (Å²) < 4.78 is 28.1. The van der Waals surface area contributed by atoms with Crippen LogP contribution in [0.3, 0.4) is 0 Å². The molecule has 0 saturated heterocycles. The van der Waals surface area contributed by atoms with E-state index in [0.717, 1.165) is 37.8 Å². The highest BCUT2D eigenvalue weighted by molar-refractivity contribution is 6.31. The second kappa shape index (κ2) is 5.45. The van der Waals surface area contributed by atoms with E-state index in [1.807, 2.05) is 6.07 Å². The second-order valence-corrected chi connectivity index (χ2v) is 5.51. The van der Waals surface area contributed by atoms with Crippen molar-refractivity contribution < 1.29 is 8.78 Å². The van der Waals surface area contributed by atoms with Gasteiger partial charge in [0, 0.05) is 12.0 Å². The number of nitriles is 1. The maximum atomic E-state index is 13.9. The number of aromatic nitrogens is 2. The first-order valence-corrected chi connectivity index (χ1v) is 7.13. The van der Waals surface area contributed by atoms with Crippen molar-refractivity contribution in [3.63, 3.8) is 0 Å². The Morgan fingerprint density at radius 2 is 2.00 bits per heavy atom. The molecule has 3 rings (SSSR count). The number of nitrogens with zero attached hydrogens (tertiary/aromatic N) is 3. The van der Waals surface area contributed by atoms with E-state index >= 15 is 0 Å². The molecule has 0 amide bonds. The van der Waals surface area contributed by atoms with Crippen molar-refractivity contribution in [2.75, 3.05) is 0 Å². The monoisotopic (exact) mass is 307 g/mol. The van der Waals surface area contributed by atoms with Crippen LogP contribution in [0, 0.1) is 23.0 Å². The summed E-state index contributed by atoms with van der Waals surface area (Å²) in [5, 5.41) is 13.7. The summed E-state index contributed by atoms with van der Waals surface area (Å²) in [6.07, 6.45) is 4.08. The summed E-state index contributed by atoms with van der Waals surface area (Å²) >= 11 is 6.17. The molecule has 2 aromatic rings. The SMILES string of the molecule is N#Cc1c(C2CCCC2)nn(-c2ccc(F)cc2F)c1Cl. The fraction of sp³-hybridized carbons (Fsp3) is 0.333. The molecule has 0 radical (unpaired) electrons. The number of halogens is 3. The molecule has 0 aliphatic heterocycles. The largest absolute Gasteiger partial charge is 0.218 e. The van der Waals surface area contributed by atoms with Crippen LogP contribution < -0.4 is 0 Å². The maximum absolute atomic E-state index is 13.9. The van der Waals surface area contributed by atoms with Crippen LogP contribution >= 0.6 is 11.6 Å². The van der Waals surface area contributed by atoms with Crippen LogP contribution in [0.25, 0.3) is 5.69 Å². The Hall–Kier alpha value is -1.93. The van der Waals surface area contributed by atoms with Gasteiger partial charge < -0.3 is 0 Å². The molecular formula is C15H12ClF2N3. The third kappa shape index (κ3) is 2.40. The molecule has 108 valence electrons. The molecule has 0 spiro atoms. The Labute approximate surface area is 125 Å². The summed E-state index contributed by atoms with van der Waals surface area (Å²) in [6.45, 7) is 0. The molecule has 1 fully saturated rings. The van der Waals surface area contributed by atoms with E-state index in [4.69, 9.17) is 11.6 Å². The normalized spacial score (nSPS) is 15.3. The van der Waals surface area contributed by atoms with Gasteiger partial charge in [0.05, 0.1) is 5.69 Å². The fourth-order valence-electron chi connectivity index (χ4n) is 2.81. The van der Waals surface area contributed by atoms with E-state index in [-0.39, 0.29) is 22.3 Å². The first-order chi connectivity index (χ1) is 10.1. The van der Waals surface area contributed by atoms with Crippen LogP contribution in [0.4, 0.5) is 8.78 Å². The third-order valence-electron chi connectivity index (χ3n) is 3.85. The standard InChI is InChI=1S/C15H12ClF2N3/c16-15-11(8-19)14(9-3-1-2-4-9)20-21(15)13-6-5-10(17)7-12(13)18/h5-7,9H,1-4H2. The molecule has 1 heterocycles. The molecule has 3 nitrogen and oxygen atoms in total. The van der Waals surface area contributed by atoms with E-state index in [2.05, 4.69) is 5.10 Å². The first kappa shape index (κ1) is 14.0. The summed E-state index contributed by atoms with van der Waals surface area (Å²) in [4.78, 5) is 0. The molecule has 0 unspecified atom stereocenters. The van der Waals surface area contributed by atoms with Crippen molar-refractivity contribution in [1.82, 2.24) is 9.78 Å². The van der Waals surface area contributed by atoms with Gasteiger partial charge in [-0.05, 0) is 25.0 Å². The minimum absolute atomic E-state index is 0.0437. The lowest BCUT2D eigenvalue weighted by atomic mass is 10.0. The highest BCUT2D eigenvalue weighted by atomic mass is 35.5. The highest BCUT2D eigenvalue weighted by Crippen LogP contribution is 2.37. The Morgan fingerprint density at radius 3 is 2.62 bits per heavy atom. The predicted molar refractivity (Wildman–Crippen MR) is 74.4 cm³/mol. The van der Waals surface area contributed by atoms with Crippen LogP contribution in [-0.2, 0) is 0 Å². The van der Waals surface area contributed by atoms with Crippen LogP contribution in [0.2, 0.25) is 5.15 Å². The van der Waals surface area contributed by atoms with Gasteiger partial charge in [0.2, 0.25) is 0 Å². The van der Waals surface area contributed by atoms with Crippen molar-refractivity contribution in [1.29, 1.82) is 5.26 Å². The average molecular weight is 308 g/mol. The Bertz CT molecular complexity index is 727. The average Bonchev–Trinajstić information content (AvgIpc) is 3.07. The van der Waals surface area contributed by atoms with E-state index in [1.165, 1.54) is 10.7 Å². The van der Waals surface area contributed by atoms with Crippen molar-refractivity contribution in [3.05, 3.63) is 46.2 Å². The number of rotatable bonds is 2. The van der Waals surface area contributed by atoms with Gasteiger partial charge in [-0.1, -0.05) is 24.4 Å². The molecule has 1 aromatic heterocycles. The maximum Gasteiger partial charge on any atom is 0.151 e. The smallest absolute Gasteiger partial charge is 0.151 e. The van der Waals surface area contributed by atoms with E-state index in [0.29, 0.717) is 5.69 Å². The van der Waals surface area contributed by atoms with Crippen molar-refractivity contribution in [2.45, 2.75) is 31.6 Å². The van der Waals surface area contributed by atoms with Crippen LogP contribution in [0.1, 0.15) is 42.9 Å². The zero-order valence-corrected chi connectivity index (χ0v) is 11.9. The predicted octanol–water partition coefficient (Wildman–Crippen LogP) is 4.33. The lowest BCUT2D eigenvalue weighted by Crippen LogP contribution is -2.02. The van der Waals surface area contributed by atoms with Gasteiger partial charge in [-0.25, -0.2) is 13.5 Å². The highest BCUT2D eigenvalue weighted by Gasteiger charge is 2.27. The van der Waals surface area contributed by atoms with E-state index in [9.17, 15) is 14.0 Å². The Balaban J connectivity index is 2.13. The van der Waals surface area contributed by atoms with E-state index in [1.54, 1.807) is 0 Å². The molecule has 0 atom stereocenters. The Morgan fingerprint density at radius 1 is 1.29 bits per heavy atom. The van der Waals surface area contributed by atoms with Gasteiger partial charge in [-0.15, -0.1) is 0 Å².